The number of hydrogen-bond donors (Lipinski definition) is 0. The number of benzene rings is 2. The molecule has 0 N–H and O–H groups in total. The lowest BCUT2D eigenvalue weighted by molar-refractivity contribution is -0.131. The lowest BCUT2D eigenvalue weighted by atomic mass is 9.94. The summed E-state index contributed by atoms with van der Waals surface area (Å²) in [5.74, 6) is 0.0721. The summed E-state index contributed by atoms with van der Waals surface area (Å²) in [6, 6.07) is 15.9. The maximum Gasteiger partial charge on any atom is 0.224 e. The molecule has 1 aliphatic rings. The minimum absolute atomic E-state index is 0.00940. The molecule has 0 aromatic heterocycles. The topological polar surface area (TPSA) is 40.6 Å². The molecule has 1 fully saturated rings. The molecule has 4 nitrogen and oxygen atoms in total. The molecule has 2 aromatic carbocycles. The molecule has 0 bridgehead atoms. The van der Waals surface area contributed by atoms with Gasteiger partial charge in [0.15, 0.2) is 5.78 Å². The molecule has 0 radical (unpaired) electrons. The Kier molecular flexibility index (Phi) is 7.40. The van der Waals surface area contributed by atoms with Gasteiger partial charge in [-0.1, -0.05) is 57.9 Å². The van der Waals surface area contributed by atoms with Crippen LogP contribution < -0.4 is 0 Å². The zero-order chi connectivity index (χ0) is 21.7. The first-order valence-corrected chi connectivity index (χ1v) is 10.8. The maximum absolute atomic E-state index is 13.2. The Labute approximate surface area is 187 Å². The van der Waals surface area contributed by atoms with E-state index in [2.05, 4.69) is 15.9 Å². The Bertz CT molecular complexity index is 906. The normalized spacial score (nSPS) is 17.2. The quantitative estimate of drug-likeness (QED) is 0.605. The molecule has 1 amide bonds. The van der Waals surface area contributed by atoms with Gasteiger partial charge in [-0.2, -0.15) is 0 Å². The smallest absolute Gasteiger partial charge is 0.224 e. The van der Waals surface area contributed by atoms with Gasteiger partial charge in [-0.15, -0.1) is 0 Å². The van der Waals surface area contributed by atoms with Crippen molar-refractivity contribution in [3.8, 4) is 0 Å². The number of amides is 1. The van der Waals surface area contributed by atoms with Gasteiger partial charge in [-0.05, 0) is 56.4 Å². The third kappa shape index (κ3) is 6.00. The van der Waals surface area contributed by atoms with Gasteiger partial charge in [-0.25, -0.2) is 0 Å². The summed E-state index contributed by atoms with van der Waals surface area (Å²) < 4.78 is 0.986. The Morgan fingerprint density at radius 2 is 1.47 bits per heavy atom. The number of Topliss-reactive ketones (excluding diaryl/α,β-unsaturated/α-hetero) is 1. The van der Waals surface area contributed by atoms with Gasteiger partial charge in [0.2, 0.25) is 5.91 Å². The highest BCUT2D eigenvalue weighted by Crippen LogP contribution is 2.23. The van der Waals surface area contributed by atoms with Gasteiger partial charge in [0.05, 0.1) is 0 Å². The summed E-state index contributed by atoms with van der Waals surface area (Å²) in [7, 11) is 3.91. The van der Waals surface area contributed by atoms with Crippen LogP contribution in [0, 0.1) is 6.92 Å². The number of likely N-dealkylation sites (tertiary alicyclic amines) is 1. The fourth-order valence-electron chi connectivity index (χ4n) is 3.32. The van der Waals surface area contributed by atoms with E-state index >= 15 is 0 Å². The number of rotatable bonds is 5. The third-order valence-electron chi connectivity index (χ3n) is 5.06. The van der Waals surface area contributed by atoms with Crippen LogP contribution in [0.4, 0.5) is 0 Å². The molecule has 0 atom stereocenters. The molecule has 2 aromatic rings. The molecule has 0 aliphatic carbocycles. The van der Waals surface area contributed by atoms with Crippen molar-refractivity contribution in [2.75, 3.05) is 33.7 Å². The third-order valence-corrected chi connectivity index (χ3v) is 5.59. The van der Waals surface area contributed by atoms with Crippen LogP contribution in [0.3, 0.4) is 0 Å². The number of halogens is 1. The minimum Gasteiger partial charge on any atom is -0.334 e. The van der Waals surface area contributed by atoms with E-state index in [9.17, 15) is 9.59 Å². The number of piperidine rings is 1. The summed E-state index contributed by atoms with van der Waals surface area (Å²) in [6.07, 6.45) is 4.23. The van der Waals surface area contributed by atoms with Gasteiger partial charge < -0.3 is 9.80 Å². The van der Waals surface area contributed by atoms with E-state index in [0.29, 0.717) is 37.2 Å². The van der Waals surface area contributed by atoms with Crippen LogP contribution >= 0.6 is 15.9 Å². The molecule has 1 heterocycles. The Hall–Kier alpha value is -2.50. The van der Waals surface area contributed by atoms with Crippen molar-refractivity contribution in [2.45, 2.75) is 13.3 Å². The Balaban J connectivity index is 1.92. The summed E-state index contributed by atoms with van der Waals surface area (Å²) in [4.78, 5) is 29.8. The number of carbonyl (C=O) groups excluding carboxylic acids is 2. The number of aryl methyl sites for hydroxylation is 1. The highest BCUT2D eigenvalue weighted by atomic mass is 79.9. The van der Waals surface area contributed by atoms with Crippen molar-refractivity contribution in [1.82, 2.24) is 9.80 Å². The van der Waals surface area contributed by atoms with Gasteiger partial charge in [0.25, 0.3) is 0 Å². The summed E-state index contributed by atoms with van der Waals surface area (Å²) in [5.41, 5.74) is 4.36. The fourth-order valence-corrected chi connectivity index (χ4v) is 3.58. The molecular formula is C25H27BrN2O2. The van der Waals surface area contributed by atoms with Crippen LogP contribution in [0.5, 0.6) is 0 Å². The monoisotopic (exact) mass is 466 g/mol. The van der Waals surface area contributed by atoms with Crippen LogP contribution in [0.25, 0.3) is 12.2 Å². The predicted molar refractivity (Wildman–Crippen MR) is 126 cm³/mol. The molecule has 0 spiro atoms. The van der Waals surface area contributed by atoms with Gasteiger partial charge in [0, 0.05) is 41.7 Å². The molecule has 1 aliphatic heterocycles. The Morgan fingerprint density at radius 3 is 1.97 bits per heavy atom. The van der Waals surface area contributed by atoms with Gasteiger partial charge >= 0.3 is 0 Å². The highest BCUT2D eigenvalue weighted by Gasteiger charge is 2.28. The predicted octanol–water partition coefficient (Wildman–Crippen LogP) is 4.59. The second kappa shape index (κ2) is 10.0. The Morgan fingerprint density at radius 1 is 0.967 bits per heavy atom. The van der Waals surface area contributed by atoms with Crippen molar-refractivity contribution in [3.05, 3.63) is 80.8 Å². The van der Waals surface area contributed by atoms with Gasteiger partial charge in [-0.3, -0.25) is 9.59 Å². The first kappa shape index (κ1) is 22.2. The zero-order valence-electron chi connectivity index (χ0n) is 17.7. The minimum atomic E-state index is 0.00940. The van der Waals surface area contributed by atoms with E-state index in [4.69, 9.17) is 0 Å². The van der Waals surface area contributed by atoms with Crippen LogP contribution in [0.1, 0.15) is 23.1 Å². The molecule has 0 unspecified atom stereocenters. The van der Waals surface area contributed by atoms with Gasteiger partial charge in [0.1, 0.15) is 0 Å². The molecule has 5 heteroatoms. The average molecular weight is 467 g/mol. The number of ketones is 1. The second-order valence-electron chi connectivity index (χ2n) is 7.93. The molecule has 30 heavy (non-hydrogen) atoms. The van der Waals surface area contributed by atoms with Crippen molar-refractivity contribution in [2.24, 2.45) is 0 Å². The average Bonchev–Trinajstić information content (AvgIpc) is 2.72. The first-order chi connectivity index (χ1) is 14.3. The summed E-state index contributed by atoms with van der Waals surface area (Å²) in [5, 5.41) is 0. The largest absolute Gasteiger partial charge is 0.334 e. The second-order valence-corrected chi connectivity index (χ2v) is 8.85. The van der Waals surface area contributed by atoms with Crippen molar-refractivity contribution < 1.29 is 9.59 Å². The number of nitrogens with zero attached hydrogens (tertiary/aromatic N) is 2. The van der Waals surface area contributed by atoms with Crippen molar-refractivity contribution >= 4 is 39.8 Å². The first-order valence-electron chi connectivity index (χ1n) is 10.0. The van der Waals surface area contributed by atoms with Crippen LogP contribution in [0.2, 0.25) is 0 Å². The summed E-state index contributed by atoms with van der Waals surface area (Å²) >= 11 is 3.44. The summed E-state index contributed by atoms with van der Waals surface area (Å²) in [6.45, 7) is 3.40. The lowest BCUT2D eigenvalue weighted by Crippen LogP contribution is -2.42. The van der Waals surface area contributed by atoms with E-state index in [1.54, 1.807) is 4.90 Å². The maximum atomic E-state index is 13.2. The molecule has 3 rings (SSSR count). The zero-order valence-corrected chi connectivity index (χ0v) is 19.3. The molecule has 0 saturated carbocycles. The van der Waals surface area contributed by atoms with Crippen molar-refractivity contribution in [3.63, 3.8) is 0 Å². The van der Waals surface area contributed by atoms with Crippen LogP contribution in [-0.4, -0.2) is 55.2 Å². The van der Waals surface area contributed by atoms with E-state index in [1.165, 1.54) is 5.56 Å². The highest BCUT2D eigenvalue weighted by molar-refractivity contribution is 9.10. The number of hydrogen-bond acceptors (Lipinski definition) is 3. The van der Waals surface area contributed by atoms with E-state index in [1.807, 2.05) is 86.6 Å². The van der Waals surface area contributed by atoms with Crippen LogP contribution in [-0.2, 0) is 9.59 Å². The van der Waals surface area contributed by atoms with E-state index in [-0.39, 0.29) is 11.7 Å². The lowest BCUT2D eigenvalue weighted by Gasteiger charge is -2.30. The molecule has 156 valence electrons. The SMILES string of the molecule is Cc1ccc(/C=C2\CN(C(=O)CCN(C)C)C/C(=C\c3ccc(Br)cc3)C2=O)cc1. The van der Waals surface area contributed by atoms with E-state index < -0.39 is 0 Å². The standard InChI is InChI=1S/C25H27BrN2O2/c1-18-4-6-19(7-5-18)14-21-16-28(24(29)12-13-27(2)3)17-22(25(21)30)15-20-8-10-23(26)11-9-20/h4-11,14-15H,12-13,16-17H2,1-3H3/b21-14+,22-15+. The van der Waals surface area contributed by atoms with Crippen LogP contribution in [0.15, 0.2) is 64.1 Å². The number of carbonyl (C=O) groups is 2. The fraction of sp³-hybridized carbons (Fsp3) is 0.280. The molecular weight excluding hydrogens is 440 g/mol. The van der Waals surface area contributed by atoms with Crippen molar-refractivity contribution in [1.29, 1.82) is 0 Å². The van der Waals surface area contributed by atoms with E-state index in [0.717, 1.165) is 15.6 Å². The molecule has 1 saturated heterocycles.